The smallest absolute Gasteiger partial charge is 0.229 e. The number of hydrogen-bond donors (Lipinski definition) is 1. The lowest BCUT2D eigenvalue weighted by molar-refractivity contribution is -0.122. The summed E-state index contributed by atoms with van der Waals surface area (Å²) in [4.78, 5) is 29.0. The second-order valence-electron chi connectivity index (χ2n) is 7.94. The van der Waals surface area contributed by atoms with Crippen LogP contribution >= 0.6 is 11.8 Å². The highest BCUT2D eigenvalue weighted by Gasteiger charge is 2.36. The number of anilines is 2. The van der Waals surface area contributed by atoms with E-state index in [0.717, 1.165) is 48.0 Å². The first-order valence-corrected chi connectivity index (χ1v) is 11.4. The van der Waals surface area contributed by atoms with Crippen LogP contribution in [0.15, 0.2) is 42.5 Å². The molecule has 7 heteroatoms. The van der Waals surface area contributed by atoms with Crippen LogP contribution in [0.25, 0.3) is 0 Å². The highest BCUT2D eigenvalue weighted by Crippen LogP contribution is 2.29. The summed E-state index contributed by atoms with van der Waals surface area (Å²) in [6.45, 7) is 5.02. The van der Waals surface area contributed by atoms with E-state index in [2.05, 4.69) is 16.3 Å². The van der Waals surface area contributed by atoms with Gasteiger partial charge in [0.25, 0.3) is 0 Å². The molecule has 5 nitrogen and oxygen atoms in total. The summed E-state index contributed by atoms with van der Waals surface area (Å²) >= 11 is 1.98. The second kappa shape index (κ2) is 9.18. The van der Waals surface area contributed by atoms with Gasteiger partial charge in [0.2, 0.25) is 11.8 Å². The molecule has 30 heavy (non-hydrogen) atoms. The van der Waals surface area contributed by atoms with E-state index in [4.69, 9.17) is 0 Å². The van der Waals surface area contributed by atoms with E-state index < -0.39 is 11.7 Å². The lowest BCUT2D eigenvalue weighted by atomic mass is 10.1. The van der Waals surface area contributed by atoms with Crippen molar-refractivity contribution in [1.82, 2.24) is 4.90 Å². The molecule has 0 aromatic heterocycles. The Balaban J connectivity index is 1.39. The maximum absolute atomic E-state index is 14.3. The number of hydrogen-bond acceptors (Lipinski definition) is 4. The van der Waals surface area contributed by atoms with Gasteiger partial charge in [-0.3, -0.25) is 14.5 Å². The molecular weight excluding hydrogens is 401 g/mol. The van der Waals surface area contributed by atoms with Gasteiger partial charge in [-0.1, -0.05) is 18.2 Å². The summed E-state index contributed by atoms with van der Waals surface area (Å²) in [6.07, 6.45) is 0.0876. The minimum atomic E-state index is -0.499. The van der Waals surface area contributed by atoms with Crippen molar-refractivity contribution in [3.05, 3.63) is 59.4 Å². The van der Waals surface area contributed by atoms with Crippen LogP contribution in [0.1, 0.15) is 17.5 Å². The third-order valence-electron chi connectivity index (χ3n) is 5.59. The van der Waals surface area contributed by atoms with Crippen molar-refractivity contribution in [2.45, 2.75) is 19.9 Å². The van der Waals surface area contributed by atoms with Crippen molar-refractivity contribution >= 4 is 35.0 Å². The molecule has 0 spiro atoms. The standard InChI is InChI=1S/C23H26FN3O2S/c1-16-5-6-21(20(24)11-16)27-15-18(13-22(27)28)23(29)25-19-4-2-3-17(12-19)14-26-7-9-30-10-8-26/h2-6,11-12,18H,7-10,13-15H2,1H3,(H,25,29). The molecule has 4 rings (SSSR count). The lowest BCUT2D eigenvalue weighted by Gasteiger charge is -2.26. The summed E-state index contributed by atoms with van der Waals surface area (Å²) in [7, 11) is 0. The molecule has 0 aliphatic carbocycles. The Bertz CT molecular complexity index is 946. The number of halogens is 1. The normalized spacial score (nSPS) is 19.9. The van der Waals surface area contributed by atoms with Gasteiger partial charge in [0, 0.05) is 49.8 Å². The topological polar surface area (TPSA) is 52.7 Å². The highest BCUT2D eigenvalue weighted by molar-refractivity contribution is 7.99. The molecule has 0 saturated carbocycles. The minimum Gasteiger partial charge on any atom is -0.326 e. The Morgan fingerprint density at radius 3 is 2.77 bits per heavy atom. The quantitative estimate of drug-likeness (QED) is 0.791. The first-order chi connectivity index (χ1) is 14.5. The summed E-state index contributed by atoms with van der Waals surface area (Å²) in [5.41, 5.74) is 2.92. The van der Waals surface area contributed by atoms with Crippen LogP contribution in [0.5, 0.6) is 0 Å². The number of benzene rings is 2. The fraction of sp³-hybridized carbons (Fsp3) is 0.391. The van der Waals surface area contributed by atoms with Crippen molar-refractivity contribution in [3.8, 4) is 0 Å². The molecule has 2 aliphatic heterocycles. The molecule has 2 aliphatic rings. The molecule has 1 unspecified atom stereocenters. The van der Waals surface area contributed by atoms with E-state index >= 15 is 0 Å². The van der Waals surface area contributed by atoms with Crippen LogP contribution in [-0.4, -0.2) is 47.9 Å². The van der Waals surface area contributed by atoms with E-state index in [1.807, 2.05) is 30.0 Å². The zero-order valence-corrected chi connectivity index (χ0v) is 17.9. The van der Waals surface area contributed by atoms with Gasteiger partial charge in [-0.15, -0.1) is 0 Å². The van der Waals surface area contributed by atoms with Gasteiger partial charge in [-0.2, -0.15) is 11.8 Å². The van der Waals surface area contributed by atoms with E-state index in [0.29, 0.717) is 0 Å². The molecule has 0 radical (unpaired) electrons. The van der Waals surface area contributed by atoms with Crippen LogP contribution in [-0.2, 0) is 16.1 Å². The summed E-state index contributed by atoms with van der Waals surface area (Å²) in [5.74, 6) is 0.947. The maximum Gasteiger partial charge on any atom is 0.229 e. The summed E-state index contributed by atoms with van der Waals surface area (Å²) < 4.78 is 14.3. The fourth-order valence-electron chi connectivity index (χ4n) is 3.96. The molecular formula is C23H26FN3O2S. The van der Waals surface area contributed by atoms with Gasteiger partial charge in [-0.05, 0) is 42.3 Å². The van der Waals surface area contributed by atoms with Crippen molar-refractivity contribution in [2.24, 2.45) is 5.92 Å². The van der Waals surface area contributed by atoms with Crippen LogP contribution in [0.2, 0.25) is 0 Å². The van der Waals surface area contributed by atoms with Gasteiger partial charge in [-0.25, -0.2) is 4.39 Å². The second-order valence-corrected chi connectivity index (χ2v) is 9.16. The Kier molecular flexibility index (Phi) is 6.39. The van der Waals surface area contributed by atoms with Gasteiger partial charge in [0.15, 0.2) is 0 Å². The molecule has 2 aromatic rings. The van der Waals surface area contributed by atoms with Crippen molar-refractivity contribution in [1.29, 1.82) is 0 Å². The van der Waals surface area contributed by atoms with Gasteiger partial charge in [0.05, 0.1) is 11.6 Å². The van der Waals surface area contributed by atoms with Gasteiger partial charge >= 0.3 is 0 Å². The Labute approximate surface area is 180 Å². The third-order valence-corrected chi connectivity index (χ3v) is 6.54. The summed E-state index contributed by atoms with van der Waals surface area (Å²) in [6, 6.07) is 12.6. The monoisotopic (exact) mass is 427 g/mol. The first-order valence-electron chi connectivity index (χ1n) is 10.3. The van der Waals surface area contributed by atoms with E-state index in [9.17, 15) is 14.0 Å². The van der Waals surface area contributed by atoms with E-state index in [-0.39, 0.29) is 30.5 Å². The molecule has 2 saturated heterocycles. The van der Waals surface area contributed by atoms with Crippen molar-refractivity contribution in [3.63, 3.8) is 0 Å². The Morgan fingerprint density at radius 1 is 1.20 bits per heavy atom. The zero-order chi connectivity index (χ0) is 21.1. The number of nitrogens with zero attached hydrogens (tertiary/aromatic N) is 2. The molecule has 2 aromatic carbocycles. The number of rotatable bonds is 5. The number of carbonyl (C=O) groups excluding carboxylic acids is 2. The van der Waals surface area contributed by atoms with Crippen molar-refractivity contribution in [2.75, 3.05) is 41.4 Å². The Morgan fingerprint density at radius 2 is 2.00 bits per heavy atom. The largest absolute Gasteiger partial charge is 0.326 e. The average molecular weight is 428 g/mol. The lowest BCUT2D eigenvalue weighted by Crippen LogP contribution is -2.32. The summed E-state index contributed by atoms with van der Waals surface area (Å²) in [5, 5.41) is 2.94. The predicted molar refractivity (Wildman–Crippen MR) is 119 cm³/mol. The number of carbonyl (C=O) groups is 2. The molecule has 2 heterocycles. The first kappa shape index (κ1) is 20.9. The highest BCUT2D eigenvalue weighted by atomic mass is 32.2. The molecule has 1 atom stereocenters. The number of thioether (sulfide) groups is 1. The zero-order valence-electron chi connectivity index (χ0n) is 17.1. The third kappa shape index (κ3) is 4.84. The number of aryl methyl sites for hydroxylation is 1. The molecule has 158 valence electrons. The number of nitrogens with one attached hydrogen (secondary N) is 1. The van der Waals surface area contributed by atoms with E-state index in [1.54, 1.807) is 19.1 Å². The molecule has 2 fully saturated rings. The van der Waals surface area contributed by atoms with Crippen molar-refractivity contribution < 1.29 is 14.0 Å². The maximum atomic E-state index is 14.3. The fourth-order valence-corrected chi connectivity index (χ4v) is 4.93. The average Bonchev–Trinajstić information content (AvgIpc) is 3.11. The van der Waals surface area contributed by atoms with E-state index in [1.165, 1.54) is 11.0 Å². The van der Waals surface area contributed by atoms with Crippen LogP contribution in [0.4, 0.5) is 15.8 Å². The van der Waals surface area contributed by atoms with Crippen LogP contribution in [0, 0.1) is 18.7 Å². The van der Waals surface area contributed by atoms with Crippen LogP contribution in [0.3, 0.4) is 0 Å². The molecule has 1 N–H and O–H groups in total. The minimum absolute atomic E-state index is 0.0876. The SMILES string of the molecule is Cc1ccc(N2CC(C(=O)Nc3cccc(CN4CCSCC4)c3)CC2=O)c(F)c1. The van der Waals surface area contributed by atoms with Crippen LogP contribution < -0.4 is 10.2 Å². The van der Waals surface area contributed by atoms with Gasteiger partial charge in [0.1, 0.15) is 5.82 Å². The molecule has 2 amide bonds. The van der Waals surface area contributed by atoms with Gasteiger partial charge < -0.3 is 10.2 Å². The predicted octanol–water partition coefficient (Wildman–Crippen LogP) is 3.67. The number of amides is 2. The Hall–Kier alpha value is -2.38. The molecule has 0 bridgehead atoms.